The van der Waals surface area contributed by atoms with Crippen LogP contribution in [0.15, 0.2) is 12.1 Å². The first-order valence-corrected chi connectivity index (χ1v) is 7.35. The number of hydrazine groups is 1. The molecule has 1 aliphatic carbocycles. The molecule has 4 heteroatoms. The lowest BCUT2D eigenvalue weighted by molar-refractivity contribution is 0.169. The molecule has 0 saturated heterocycles. The third kappa shape index (κ3) is 3.01. The summed E-state index contributed by atoms with van der Waals surface area (Å²) in [5.74, 6) is 6.24. The molecule has 1 saturated carbocycles. The third-order valence-electron chi connectivity index (χ3n) is 4.90. The molecule has 112 valence electrons. The van der Waals surface area contributed by atoms with Gasteiger partial charge in [0, 0.05) is 11.6 Å². The molecule has 0 aromatic heterocycles. The van der Waals surface area contributed by atoms with Crippen LogP contribution in [-0.2, 0) is 0 Å². The Balaban J connectivity index is 2.26. The molecule has 1 aromatic rings. The van der Waals surface area contributed by atoms with Crippen molar-refractivity contribution in [2.45, 2.75) is 46.1 Å². The molecule has 0 radical (unpaired) electrons. The van der Waals surface area contributed by atoms with E-state index in [1.807, 2.05) is 0 Å². The monoisotopic (exact) mass is 282 g/mol. The molecular formula is C16H24F2N2. The summed E-state index contributed by atoms with van der Waals surface area (Å²) in [5.41, 5.74) is 3.69. The van der Waals surface area contributed by atoms with Crippen LogP contribution in [0.3, 0.4) is 0 Å². The lowest BCUT2D eigenvalue weighted by Crippen LogP contribution is -2.37. The predicted molar refractivity (Wildman–Crippen MR) is 76.8 cm³/mol. The smallest absolute Gasteiger partial charge is 0.130 e. The quantitative estimate of drug-likeness (QED) is 0.653. The molecule has 0 aliphatic heterocycles. The van der Waals surface area contributed by atoms with Gasteiger partial charge in [-0.05, 0) is 49.1 Å². The van der Waals surface area contributed by atoms with Crippen molar-refractivity contribution in [1.29, 1.82) is 0 Å². The molecule has 4 unspecified atom stereocenters. The molecule has 4 atom stereocenters. The van der Waals surface area contributed by atoms with Crippen LogP contribution in [0, 0.1) is 36.3 Å². The van der Waals surface area contributed by atoms with Gasteiger partial charge in [-0.1, -0.05) is 20.3 Å². The molecule has 20 heavy (non-hydrogen) atoms. The molecule has 0 bridgehead atoms. The summed E-state index contributed by atoms with van der Waals surface area (Å²) in [4.78, 5) is 0. The maximum absolute atomic E-state index is 14.1. The van der Waals surface area contributed by atoms with E-state index in [9.17, 15) is 8.78 Å². The third-order valence-corrected chi connectivity index (χ3v) is 4.90. The van der Waals surface area contributed by atoms with Crippen molar-refractivity contribution in [2.75, 3.05) is 0 Å². The average molecular weight is 282 g/mol. The number of nitrogens with two attached hydrogens (primary N) is 1. The lowest BCUT2D eigenvalue weighted by atomic mass is 9.72. The van der Waals surface area contributed by atoms with E-state index in [0.717, 1.165) is 25.3 Å². The Morgan fingerprint density at radius 2 is 1.85 bits per heavy atom. The maximum atomic E-state index is 14.1. The second-order valence-electron chi connectivity index (χ2n) is 6.29. The van der Waals surface area contributed by atoms with E-state index in [1.165, 1.54) is 0 Å². The lowest BCUT2D eigenvalue weighted by Gasteiger charge is -2.36. The van der Waals surface area contributed by atoms with Crippen molar-refractivity contribution in [2.24, 2.45) is 23.6 Å². The molecule has 0 heterocycles. The van der Waals surface area contributed by atoms with E-state index in [1.54, 1.807) is 13.0 Å². The van der Waals surface area contributed by atoms with E-state index in [-0.39, 0.29) is 6.04 Å². The Morgan fingerprint density at radius 1 is 1.15 bits per heavy atom. The van der Waals surface area contributed by atoms with Crippen LogP contribution in [0.5, 0.6) is 0 Å². The van der Waals surface area contributed by atoms with E-state index in [4.69, 9.17) is 5.84 Å². The molecule has 3 N–H and O–H groups in total. The van der Waals surface area contributed by atoms with E-state index in [2.05, 4.69) is 19.3 Å². The molecule has 1 fully saturated rings. The number of rotatable bonds is 3. The molecule has 1 aliphatic rings. The number of aryl methyl sites for hydroxylation is 1. The van der Waals surface area contributed by atoms with Crippen LogP contribution >= 0.6 is 0 Å². The Kier molecular flexibility index (Phi) is 4.76. The van der Waals surface area contributed by atoms with Crippen molar-refractivity contribution in [3.05, 3.63) is 34.9 Å². The summed E-state index contributed by atoms with van der Waals surface area (Å²) in [7, 11) is 0. The molecule has 1 aromatic carbocycles. The van der Waals surface area contributed by atoms with Crippen molar-refractivity contribution in [3.63, 3.8) is 0 Å². The summed E-state index contributed by atoms with van der Waals surface area (Å²) in [6, 6.07) is 2.30. The molecule has 0 amide bonds. The summed E-state index contributed by atoms with van der Waals surface area (Å²) >= 11 is 0. The predicted octanol–water partition coefficient (Wildman–Crippen LogP) is 3.85. The minimum Gasteiger partial charge on any atom is -0.271 e. The van der Waals surface area contributed by atoms with E-state index >= 15 is 0 Å². The minimum absolute atomic E-state index is 0.246. The van der Waals surface area contributed by atoms with Gasteiger partial charge in [-0.3, -0.25) is 11.3 Å². The number of nitrogens with one attached hydrogen (secondary N) is 1. The van der Waals surface area contributed by atoms with Crippen molar-refractivity contribution < 1.29 is 8.78 Å². The summed E-state index contributed by atoms with van der Waals surface area (Å²) in [6.45, 7) is 6.14. The normalized spacial score (nSPS) is 28.4. The Hall–Kier alpha value is -1.00. The van der Waals surface area contributed by atoms with Gasteiger partial charge >= 0.3 is 0 Å². The van der Waals surface area contributed by atoms with Gasteiger partial charge in [0.2, 0.25) is 0 Å². The van der Waals surface area contributed by atoms with Gasteiger partial charge < -0.3 is 0 Å². The van der Waals surface area contributed by atoms with Crippen LogP contribution in [0.1, 0.15) is 50.3 Å². The first-order chi connectivity index (χ1) is 9.43. The molecule has 2 rings (SSSR count). The first kappa shape index (κ1) is 15.4. The average Bonchev–Trinajstić information content (AvgIpc) is 2.40. The standard InChI is InChI=1S/C16H24F2N2/c1-9-4-5-12(6-10(9)2)16(20-19)13-7-11(3)14(17)8-15(13)18/h7-10,12,16,20H,4-6,19H2,1-3H3. The van der Waals surface area contributed by atoms with Crippen molar-refractivity contribution in [1.82, 2.24) is 5.43 Å². The van der Waals surface area contributed by atoms with Crippen LogP contribution in [0.25, 0.3) is 0 Å². The highest BCUT2D eigenvalue weighted by Gasteiger charge is 2.32. The Bertz CT molecular complexity index is 476. The first-order valence-electron chi connectivity index (χ1n) is 7.35. The van der Waals surface area contributed by atoms with Gasteiger partial charge in [-0.15, -0.1) is 0 Å². The summed E-state index contributed by atoms with van der Waals surface area (Å²) < 4.78 is 27.5. The van der Waals surface area contributed by atoms with Gasteiger partial charge in [0.1, 0.15) is 11.6 Å². The second-order valence-corrected chi connectivity index (χ2v) is 6.29. The van der Waals surface area contributed by atoms with Gasteiger partial charge in [0.25, 0.3) is 0 Å². The fraction of sp³-hybridized carbons (Fsp3) is 0.625. The van der Waals surface area contributed by atoms with E-state index < -0.39 is 11.6 Å². The molecule has 0 spiro atoms. The van der Waals surface area contributed by atoms with Crippen molar-refractivity contribution in [3.8, 4) is 0 Å². The zero-order valence-corrected chi connectivity index (χ0v) is 12.4. The van der Waals surface area contributed by atoms with Crippen LogP contribution in [0.2, 0.25) is 0 Å². The fourth-order valence-corrected chi connectivity index (χ4v) is 3.29. The zero-order chi connectivity index (χ0) is 14.9. The SMILES string of the molecule is Cc1cc(C(NN)C2CCC(C)C(C)C2)c(F)cc1F. The van der Waals surface area contributed by atoms with Crippen LogP contribution in [0.4, 0.5) is 8.78 Å². The highest BCUT2D eigenvalue weighted by molar-refractivity contribution is 5.28. The van der Waals surface area contributed by atoms with Gasteiger partial charge in [-0.25, -0.2) is 8.78 Å². The Labute approximate surface area is 119 Å². The maximum Gasteiger partial charge on any atom is 0.130 e. The highest BCUT2D eigenvalue weighted by Crippen LogP contribution is 2.40. The van der Waals surface area contributed by atoms with Gasteiger partial charge in [0.15, 0.2) is 0 Å². The number of hydrogen-bond acceptors (Lipinski definition) is 2. The molecule has 2 nitrogen and oxygen atoms in total. The Morgan fingerprint density at radius 3 is 2.45 bits per heavy atom. The minimum atomic E-state index is -0.512. The summed E-state index contributed by atoms with van der Waals surface area (Å²) in [6.07, 6.45) is 3.17. The van der Waals surface area contributed by atoms with Crippen LogP contribution in [-0.4, -0.2) is 0 Å². The fourth-order valence-electron chi connectivity index (χ4n) is 3.29. The largest absolute Gasteiger partial charge is 0.271 e. The zero-order valence-electron chi connectivity index (χ0n) is 12.4. The highest BCUT2D eigenvalue weighted by atomic mass is 19.1. The van der Waals surface area contributed by atoms with Crippen LogP contribution < -0.4 is 11.3 Å². The van der Waals surface area contributed by atoms with E-state index in [0.29, 0.717) is 28.9 Å². The molecular weight excluding hydrogens is 258 g/mol. The summed E-state index contributed by atoms with van der Waals surface area (Å²) in [5, 5.41) is 0. The van der Waals surface area contributed by atoms with Gasteiger partial charge in [-0.2, -0.15) is 0 Å². The number of halogens is 2. The number of benzene rings is 1. The topological polar surface area (TPSA) is 38.0 Å². The second kappa shape index (κ2) is 6.19. The van der Waals surface area contributed by atoms with Gasteiger partial charge in [0.05, 0.1) is 6.04 Å². The number of hydrogen-bond donors (Lipinski definition) is 2. The van der Waals surface area contributed by atoms with Crippen molar-refractivity contribution >= 4 is 0 Å².